The van der Waals surface area contributed by atoms with Crippen LogP contribution in [0.4, 0.5) is 0 Å². The third-order valence-corrected chi connectivity index (χ3v) is 4.14. The zero-order chi connectivity index (χ0) is 12.8. The topological polar surface area (TPSA) is 55.0 Å². The second kappa shape index (κ2) is 4.17. The molecule has 5 heteroatoms. The molecule has 0 bridgehead atoms. The van der Waals surface area contributed by atoms with Crippen molar-refractivity contribution in [1.29, 1.82) is 0 Å². The molecule has 0 aliphatic heterocycles. The molecule has 3 rings (SSSR count). The molecule has 4 nitrogen and oxygen atoms in total. The molecule has 0 saturated heterocycles. The molecule has 0 radical (unpaired) electrons. The highest BCUT2D eigenvalue weighted by Crippen LogP contribution is 2.42. The summed E-state index contributed by atoms with van der Waals surface area (Å²) in [5.74, 6) is 0.649. The molecule has 1 N–H and O–H groups in total. The summed E-state index contributed by atoms with van der Waals surface area (Å²) < 4.78 is 6.42. The summed E-state index contributed by atoms with van der Waals surface area (Å²) in [5.41, 5.74) is 0.209. The average molecular weight is 309 g/mol. The van der Waals surface area contributed by atoms with Gasteiger partial charge < -0.3 is 9.72 Å². The van der Waals surface area contributed by atoms with E-state index in [0.717, 1.165) is 23.7 Å². The van der Waals surface area contributed by atoms with Gasteiger partial charge >= 0.3 is 0 Å². The fourth-order valence-corrected chi connectivity index (χ4v) is 2.72. The highest BCUT2D eigenvalue weighted by Gasteiger charge is 2.41. The van der Waals surface area contributed by atoms with Crippen molar-refractivity contribution in [2.75, 3.05) is 7.11 Å². The maximum Gasteiger partial charge on any atom is 0.258 e. The van der Waals surface area contributed by atoms with Crippen LogP contribution in [0, 0.1) is 0 Å². The van der Waals surface area contributed by atoms with Crippen LogP contribution in [0.25, 0.3) is 10.9 Å². The molecule has 2 aromatic rings. The summed E-state index contributed by atoms with van der Waals surface area (Å²) in [7, 11) is 1.67. The summed E-state index contributed by atoms with van der Waals surface area (Å²) in [6.45, 7) is 0. The number of halogens is 1. The summed E-state index contributed by atoms with van der Waals surface area (Å²) in [6.07, 6.45) is 2.93. The Balaban J connectivity index is 2.22. The molecule has 1 aromatic carbocycles. The first-order valence-electron chi connectivity index (χ1n) is 5.90. The van der Waals surface area contributed by atoms with Crippen LogP contribution in [0.2, 0.25) is 0 Å². The quantitative estimate of drug-likeness (QED) is 0.928. The lowest BCUT2D eigenvalue weighted by Crippen LogP contribution is -2.39. The maximum absolute atomic E-state index is 12.1. The third kappa shape index (κ3) is 1.69. The van der Waals surface area contributed by atoms with Gasteiger partial charge in [0, 0.05) is 11.6 Å². The molecule has 1 saturated carbocycles. The average Bonchev–Trinajstić information content (AvgIpc) is 2.29. The van der Waals surface area contributed by atoms with Crippen LogP contribution in [0.15, 0.2) is 27.5 Å². The highest BCUT2D eigenvalue weighted by atomic mass is 79.9. The van der Waals surface area contributed by atoms with Gasteiger partial charge in [-0.25, -0.2) is 4.98 Å². The normalized spacial score (nSPS) is 17.7. The molecule has 0 spiro atoms. The minimum atomic E-state index is -0.388. The summed E-state index contributed by atoms with van der Waals surface area (Å²) in [6, 6.07) is 5.52. The van der Waals surface area contributed by atoms with Crippen LogP contribution in [0.1, 0.15) is 25.1 Å². The van der Waals surface area contributed by atoms with Gasteiger partial charge in [-0.1, -0.05) is 15.9 Å². The van der Waals surface area contributed by atoms with Crippen molar-refractivity contribution in [3.05, 3.63) is 38.9 Å². The van der Waals surface area contributed by atoms with Crippen molar-refractivity contribution >= 4 is 26.8 Å². The van der Waals surface area contributed by atoms with Crippen LogP contribution in [0.5, 0.6) is 0 Å². The van der Waals surface area contributed by atoms with Gasteiger partial charge in [0.05, 0.1) is 10.9 Å². The Labute approximate surface area is 113 Å². The molecule has 0 amide bonds. The van der Waals surface area contributed by atoms with E-state index in [2.05, 4.69) is 25.9 Å². The highest BCUT2D eigenvalue weighted by molar-refractivity contribution is 9.10. The monoisotopic (exact) mass is 308 g/mol. The predicted octanol–water partition coefficient (Wildman–Crippen LogP) is 2.71. The van der Waals surface area contributed by atoms with E-state index in [1.54, 1.807) is 13.2 Å². The van der Waals surface area contributed by atoms with Crippen molar-refractivity contribution in [2.24, 2.45) is 0 Å². The molecule has 0 unspecified atom stereocenters. The molecular formula is C13H13BrN2O2. The molecule has 94 valence electrons. The first kappa shape index (κ1) is 11.9. The van der Waals surface area contributed by atoms with Crippen LogP contribution in [0.3, 0.4) is 0 Å². The number of H-pyrrole nitrogens is 1. The third-order valence-electron chi connectivity index (χ3n) is 3.65. The van der Waals surface area contributed by atoms with Gasteiger partial charge in [-0.05, 0) is 37.5 Å². The minimum absolute atomic E-state index is 0.111. The predicted molar refractivity (Wildman–Crippen MR) is 72.6 cm³/mol. The summed E-state index contributed by atoms with van der Waals surface area (Å²) >= 11 is 3.36. The second-order valence-corrected chi connectivity index (χ2v) is 5.54. The zero-order valence-electron chi connectivity index (χ0n) is 10.00. The number of aromatic nitrogens is 2. The van der Waals surface area contributed by atoms with E-state index in [9.17, 15) is 4.79 Å². The Bertz CT molecular complexity index is 656. The molecule has 1 aliphatic rings. The van der Waals surface area contributed by atoms with Crippen LogP contribution >= 0.6 is 15.9 Å². The number of rotatable bonds is 2. The molecule has 0 atom stereocenters. The number of hydrogen-bond donors (Lipinski definition) is 1. The summed E-state index contributed by atoms with van der Waals surface area (Å²) in [5, 5.41) is 0.596. The van der Waals surface area contributed by atoms with E-state index in [1.165, 1.54) is 0 Å². The lowest BCUT2D eigenvalue weighted by atomic mass is 9.79. The Kier molecular flexibility index (Phi) is 2.75. The van der Waals surface area contributed by atoms with Crippen molar-refractivity contribution in [3.8, 4) is 0 Å². The van der Waals surface area contributed by atoms with E-state index in [-0.39, 0.29) is 11.2 Å². The zero-order valence-corrected chi connectivity index (χ0v) is 11.6. The lowest BCUT2D eigenvalue weighted by molar-refractivity contribution is -0.0845. The molecule has 1 aromatic heterocycles. The number of nitrogens with zero attached hydrogens (tertiary/aromatic N) is 1. The van der Waals surface area contributed by atoms with Gasteiger partial charge in [0.1, 0.15) is 11.4 Å². The fourth-order valence-electron chi connectivity index (χ4n) is 2.36. The van der Waals surface area contributed by atoms with E-state index >= 15 is 0 Å². The van der Waals surface area contributed by atoms with Crippen LogP contribution in [-0.4, -0.2) is 17.1 Å². The fraction of sp³-hybridized carbons (Fsp3) is 0.385. The van der Waals surface area contributed by atoms with E-state index < -0.39 is 0 Å². The van der Waals surface area contributed by atoms with Crippen molar-refractivity contribution in [2.45, 2.75) is 24.9 Å². The van der Waals surface area contributed by atoms with E-state index in [4.69, 9.17) is 4.74 Å². The second-order valence-electron chi connectivity index (χ2n) is 4.63. The standard InChI is InChI=1S/C13H13BrN2O2/c1-18-13(5-2-6-13)12-15-10-4-3-8(14)7-9(10)11(17)16-12/h3-4,7H,2,5-6H2,1H3,(H,15,16,17). The Hall–Kier alpha value is -1.20. The first-order chi connectivity index (χ1) is 8.64. The molecule has 1 aliphatic carbocycles. The number of nitrogens with one attached hydrogen (secondary N) is 1. The van der Waals surface area contributed by atoms with Gasteiger partial charge in [-0.3, -0.25) is 4.79 Å². The molecule has 18 heavy (non-hydrogen) atoms. The van der Waals surface area contributed by atoms with Gasteiger partial charge in [0.25, 0.3) is 5.56 Å². The summed E-state index contributed by atoms with van der Waals surface area (Å²) in [4.78, 5) is 19.5. The number of hydrogen-bond acceptors (Lipinski definition) is 3. The molecular weight excluding hydrogens is 296 g/mol. The van der Waals surface area contributed by atoms with Gasteiger partial charge in [0.2, 0.25) is 0 Å². The van der Waals surface area contributed by atoms with Gasteiger partial charge in [-0.15, -0.1) is 0 Å². The number of aromatic amines is 1. The minimum Gasteiger partial charge on any atom is -0.370 e. The first-order valence-corrected chi connectivity index (χ1v) is 6.69. The molecule has 1 fully saturated rings. The number of methoxy groups -OCH3 is 1. The Morgan fingerprint density at radius 1 is 1.44 bits per heavy atom. The van der Waals surface area contributed by atoms with Crippen molar-refractivity contribution in [3.63, 3.8) is 0 Å². The van der Waals surface area contributed by atoms with Crippen LogP contribution < -0.4 is 5.56 Å². The van der Waals surface area contributed by atoms with E-state index in [0.29, 0.717) is 16.7 Å². The Morgan fingerprint density at radius 2 is 2.22 bits per heavy atom. The number of benzene rings is 1. The van der Waals surface area contributed by atoms with Crippen molar-refractivity contribution in [1.82, 2.24) is 9.97 Å². The smallest absolute Gasteiger partial charge is 0.258 e. The van der Waals surface area contributed by atoms with Gasteiger partial charge in [0.15, 0.2) is 0 Å². The molecule has 1 heterocycles. The van der Waals surface area contributed by atoms with Crippen LogP contribution in [-0.2, 0) is 10.3 Å². The van der Waals surface area contributed by atoms with E-state index in [1.807, 2.05) is 12.1 Å². The SMILES string of the molecule is COC1(c2nc3ccc(Br)cc3c(=O)[nH]2)CCC1. The van der Waals surface area contributed by atoms with Crippen molar-refractivity contribution < 1.29 is 4.74 Å². The Morgan fingerprint density at radius 3 is 2.83 bits per heavy atom. The lowest BCUT2D eigenvalue weighted by Gasteiger charge is -2.39. The maximum atomic E-state index is 12.1. The van der Waals surface area contributed by atoms with Gasteiger partial charge in [-0.2, -0.15) is 0 Å². The number of fused-ring (bicyclic) bond motifs is 1. The number of ether oxygens (including phenoxy) is 1. The largest absolute Gasteiger partial charge is 0.370 e.